The van der Waals surface area contributed by atoms with Crippen molar-refractivity contribution in [1.29, 1.82) is 5.26 Å². The van der Waals surface area contributed by atoms with E-state index in [0.717, 1.165) is 11.0 Å². The van der Waals surface area contributed by atoms with Crippen molar-refractivity contribution in [2.45, 2.75) is 18.8 Å². The monoisotopic (exact) mass is 317 g/mol. The predicted octanol–water partition coefficient (Wildman–Crippen LogP) is 3.32. The quantitative estimate of drug-likeness (QED) is 0.854. The third kappa shape index (κ3) is 2.52. The van der Waals surface area contributed by atoms with Crippen LogP contribution in [0.25, 0.3) is 0 Å². The molecule has 1 aromatic carbocycles. The Morgan fingerprint density at radius 1 is 1.22 bits per heavy atom. The molecule has 2 heterocycles. The molecule has 1 unspecified atom stereocenters. The minimum atomic E-state index is -4.65. The zero-order valence-electron chi connectivity index (χ0n) is 11.7. The summed E-state index contributed by atoms with van der Waals surface area (Å²) in [4.78, 5) is 17.7. The van der Waals surface area contributed by atoms with E-state index in [-0.39, 0.29) is 12.1 Å². The van der Waals surface area contributed by atoms with E-state index in [2.05, 4.69) is 4.98 Å². The summed E-state index contributed by atoms with van der Waals surface area (Å²) in [5.41, 5.74) is -0.864. The van der Waals surface area contributed by atoms with Gasteiger partial charge in [-0.3, -0.25) is 9.78 Å². The van der Waals surface area contributed by atoms with Crippen molar-refractivity contribution >= 4 is 5.91 Å². The van der Waals surface area contributed by atoms with Crippen molar-refractivity contribution in [1.82, 2.24) is 9.88 Å². The zero-order valence-corrected chi connectivity index (χ0v) is 11.7. The number of carbonyl (C=O) groups is 1. The standard InChI is InChI=1S/C16H10F3N3O/c17-16(18,19)12-6-3-5-11-13(8-20)22(15(23)14(11)12)9-10-4-1-2-7-21-10/h1-7,13H,9H2. The molecule has 0 saturated heterocycles. The molecule has 23 heavy (non-hydrogen) atoms. The van der Waals surface area contributed by atoms with Gasteiger partial charge in [-0.25, -0.2) is 0 Å². The van der Waals surface area contributed by atoms with Crippen LogP contribution in [0, 0.1) is 11.3 Å². The number of rotatable bonds is 2. The maximum absolute atomic E-state index is 13.1. The lowest BCUT2D eigenvalue weighted by atomic mass is 10.00. The molecule has 116 valence electrons. The molecule has 1 aromatic heterocycles. The maximum atomic E-state index is 13.1. The number of hydrogen-bond donors (Lipinski definition) is 0. The van der Waals surface area contributed by atoms with Gasteiger partial charge in [0.25, 0.3) is 5.91 Å². The zero-order chi connectivity index (χ0) is 16.6. The molecular formula is C16H10F3N3O. The van der Waals surface area contributed by atoms with Gasteiger partial charge in [-0.15, -0.1) is 0 Å². The van der Waals surface area contributed by atoms with Crippen LogP contribution in [0.4, 0.5) is 13.2 Å². The van der Waals surface area contributed by atoms with Crippen LogP contribution in [-0.2, 0) is 12.7 Å². The number of halogens is 3. The van der Waals surface area contributed by atoms with Crippen LogP contribution >= 0.6 is 0 Å². The SMILES string of the molecule is N#CC1c2cccc(C(F)(F)F)c2C(=O)N1Cc1ccccn1. The molecule has 0 N–H and O–H groups in total. The van der Waals surface area contributed by atoms with Crippen LogP contribution in [0.3, 0.4) is 0 Å². The van der Waals surface area contributed by atoms with Gasteiger partial charge in [-0.2, -0.15) is 18.4 Å². The van der Waals surface area contributed by atoms with Gasteiger partial charge in [0.05, 0.1) is 29.4 Å². The summed E-state index contributed by atoms with van der Waals surface area (Å²) in [5.74, 6) is -0.801. The van der Waals surface area contributed by atoms with Crippen LogP contribution in [0.2, 0.25) is 0 Å². The average Bonchev–Trinajstić information content (AvgIpc) is 2.79. The smallest absolute Gasteiger partial charge is 0.313 e. The Labute approximate surface area is 129 Å². The lowest BCUT2D eigenvalue weighted by molar-refractivity contribution is -0.137. The summed E-state index contributed by atoms with van der Waals surface area (Å²) in [7, 11) is 0. The highest BCUT2D eigenvalue weighted by molar-refractivity contribution is 6.01. The first-order chi connectivity index (χ1) is 10.9. The molecule has 1 atom stereocenters. The molecule has 2 aromatic rings. The van der Waals surface area contributed by atoms with E-state index in [1.54, 1.807) is 18.2 Å². The molecule has 0 spiro atoms. The highest BCUT2D eigenvalue weighted by Crippen LogP contribution is 2.41. The first kappa shape index (κ1) is 15.0. The molecular weight excluding hydrogens is 307 g/mol. The summed E-state index contributed by atoms with van der Waals surface area (Å²) in [5, 5.41) is 9.33. The van der Waals surface area contributed by atoms with Crippen molar-refractivity contribution in [3.05, 3.63) is 65.0 Å². The van der Waals surface area contributed by atoms with Gasteiger partial charge in [0.1, 0.15) is 6.04 Å². The topological polar surface area (TPSA) is 57.0 Å². The van der Waals surface area contributed by atoms with E-state index < -0.39 is 29.3 Å². The van der Waals surface area contributed by atoms with E-state index in [4.69, 9.17) is 0 Å². The molecule has 4 nitrogen and oxygen atoms in total. The highest BCUT2D eigenvalue weighted by atomic mass is 19.4. The Hall–Kier alpha value is -2.88. The number of hydrogen-bond acceptors (Lipinski definition) is 3. The Morgan fingerprint density at radius 2 is 2.00 bits per heavy atom. The van der Waals surface area contributed by atoms with Crippen molar-refractivity contribution < 1.29 is 18.0 Å². The van der Waals surface area contributed by atoms with Crippen molar-refractivity contribution in [3.8, 4) is 6.07 Å². The maximum Gasteiger partial charge on any atom is 0.417 e. The second-order valence-corrected chi connectivity index (χ2v) is 5.05. The lowest BCUT2D eigenvalue weighted by Crippen LogP contribution is -2.28. The number of aromatic nitrogens is 1. The third-order valence-electron chi connectivity index (χ3n) is 3.66. The van der Waals surface area contributed by atoms with Crippen LogP contribution < -0.4 is 0 Å². The lowest BCUT2D eigenvalue weighted by Gasteiger charge is -2.19. The normalized spacial score (nSPS) is 17.0. The molecule has 1 amide bonds. The number of carbonyl (C=O) groups excluding carboxylic acids is 1. The number of nitrogens with zero attached hydrogens (tertiary/aromatic N) is 3. The van der Waals surface area contributed by atoms with Gasteiger partial charge in [-0.05, 0) is 18.2 Å². The summed E-state index contributed by atoms with van der Waals surface area (Å²) in [6.07, 6.45) is -3.13. The Balaban J connectivity index is 2.06. The van der Waals surface area contributed by atoms with Crippen molar-refractivity contribution in [3.63, 3.8) is 0 Å². The van der Waals surface area contributed by atoms with E-state index in [9.17, 15) is 23.2 Å². The van der Waals surface area contributed by atoms with E-state index in [0.29, 0.717) is 5.69 Å². The number of fused-ring (bicyclic) bond motifs is 1. The second kappa shape index (κ2) is 5.39. The van der Waals surface area contributed by atoms with Crippen LogP contribution in [0.1, 0.15) is 33.2 Å². The molecule has 0 radical (unpaired) electrons. The number of amides is 1. The Morgan fingerprint density at radius 3 is 2.61 bits per heavy atom. The molecule has 0 aliphatic carbocycles. The fourth-order valence-corrected chi connectivity index (χ4v) is 2.67. The second-order valence-electron chi connectivity index (χ2n) is 5.05. The van der Waals surface area contributed by atoms with Crippen molar-refractivity contribution in [2.24, 2.45) is 0 Å². The highest BCUT2D eigenvalue weighted by Gasteiger charge is 2.44. The number of benzene rings is 1. The Kier molecular flexibility index (Phi) is 3.52. The summed E-state index contributed by atoms with van der Waals surface area (Å²) < 4.78 is 39.4. The number of pyridine rings is 1. The summed E-state index contributed by atoms with van der Waals surface area (Å²) in [6, 6.07) is 9.35. The first-order valence-electron chi connectivity index (χ1n) is 6.74. The minimum absolute atomic E-state index is 0.0239. The van der Waals surface area contributed by atoms with Gasteiger partial charge in [0, 0.05) is 11.8 Å². The van der Waals surface area contributed by atoms with Crippen molar-refractivity contribution in [2.75, 3.05) is 0 Å². The van der Waals surface area contributed by atoms with Gasteiger partial charge in [-0.1, -0.05) is 18.2 Å². The predicted molar refractivity (Wildman–Crippen MR) is 73.9 cm³/mol. The molecule has 3 rings (SSSR count). The average molecular weight is 317 g/mol. The van der Waals surface area contributed by atoms with Gasteiger partial charge < -0.3 is 4.90 Å². The van der Waals surface area contributed by atoms with Gasteiger partial charge in [0.2, 0.25) is 0 Å². The molecule has 1 aliphatic rings. The van der Waals surface area contributed by atoms with E-state index in [1.807, 2.05) is 6.07 Å². The molecule has 0 bridgehead atoms. The summed E-state index contributed by atoms with van der Waals surface area (Å²) >= 11 is 0. The number of alkyl halides is 3. The fourth-order valence-electron chi connectivity index (χ4n) is 2.67. The van der Waals surface area contributed by atoms with Crippen LogP contribution in [-0.4, -0.2) is 15.8 Å². The third-order valence-corrected chi connectivity index (χ3v) is 3.66. The number of nitriles is 1. The van der Waals surface area contributed by atoms with Gasteiger partial charge >= 0.3 is 6.18 Å². The van der Waals surface area contributed by atoms with E-state index in [1.165, 1.54) is 18.3 Å². The molecule has 0 fully saturated rings. The van der Waals surface area contributed by atoms with Crippen LogP contribution in [0.15, 0.2) is 42.6 Å². The molecule has 1 aliphatic heterocycles. The largest absolute Gasteiger partial charge is 0.417 e. The summed E-state index contributed by atoms with van der Waals surface area (Å²) in [6.45, 7) is -0.0239. The first-order valence-corrected chi connectivity index (χ1v) is 6.74. The minimum Gasteiger partial charge on any atom is -0.313 e. The van der Waals surface area contributed by atoms with Gasteiger partial charge in [0.15, 0.2) is 0 Å². The fraction of sp³-hybridized carbons (Fsp3) is 0.188. The van der Waals surface area contributed by atoms with E-state index >= 15 is 0 Å². The van der Waals surface area contributed by atoms with Crippen LogP contribution in [0.5, 0.6) is 0 Å². The molecule has 0 saturated carbocycles. The Bertz CT molecular complexity index is 796. The molecule has 7 heteroatoms.